The zero-order chi connectivity index (χ0) is 21.3. The molecular formula is C22H26N4O4. The smallest absolute Gasteiger partial charge is 0.409 e. The van der Waals surface area contributed by atoms with Crippen LogP contribution in [0.5, 0.6) is 0 Å². The summed E-state index contributed by atoms with van der Waals surface area (Å²) in [5, 5.41) is 12.5. The third-order valence-corrected chi connectivity index (χ3v) is 4.73. The minimum Gasteiger partial charge on any atom is -0.478 e. The quantitative estimate of drug-likeness (QED) is 0.581. The van der Waals surface area contributed by atoms with Crippen LogP contribution in [0.1, 0.15) is 22.8 Å². The number of aliphatic imine (C=N–C) groups is 1. The summed E-state index contributed by atoms with van der Waals surface area (Å²) in [6.45, 7) is 4.87. The molecular weight excluding hydrogens is 384 g/mol. The molecule has 8 nitrogen and oxygen atoms in total. The van der Waals surface area contributed by atoms with Crippen molar-refractivity contribution in [1.29, 1.82) is 0 Å². The van der Waals surface area contributed by atoms with Crippen molar-refractivity contribution < 1.29 is 19.4 Å². The highest BCUT2D eigenvalue weighted by atomic mass is 16.6. The summed E-state index contributed by atoms with van der Waals surface area (Å²) in [7, 11) is 0. The summed E-state index contributed by atoms with van der Waals surface area (Å²) in [5.41, 5.74) is 1.92. The first-order valence-electron chi connectivity index (χ1n) is 9.92. The molecule has 1 amide bonds. The van der Waals surface area contributed by atoms with Gasteiger partial charge in [-0.1, -0.05) is 36.4 Å². The average Bonchev–Trinajstić information content (AvgIpc) is 2.78. The summed E-state index contributed by atoms with van der Waals surface area (Å²) < 4.78 is 5.08. The number of piperazine rings is 1. The van der Waals surface area contributed by atoms with Crippen molar-refractivity contribution in [3.8, 4) is 0 Å². The summed E-state index contributed by atoms with van der Waals surface area (Å²) in [6.07, 6.45) is -0.304. The van der Waals surface area contributed by atoms with Crippen molar-refractivity contribution in [2.75, 3.05) is 38.1 Å². The summed E-state index contributed by atoms with van der Waals surface area (Å²) in [4.78, 5) is 31.7. The van der Waals surface area contributed by atoms with Gasteiger partial charge in [-0.3, -0.25) is 0 Å². The van der Waals surface area contributed by atoms with E-state index in [9.17, 15) is 14.7 Å². The first-order valence-corrected chi connectivity index (χ1v) is 9.92. The van der Waals surface area contributed by atoms with Crippen LogP contribution in [0.3, 0.4) is 0 Å². The number of benzene rings is 2. The lowest BCUT2D eigenvalue weighted by molar-refractivity contribution is 0.0696. The van der Waals surface area contributed by atoms with Crippen LogP contribution >= 0.6 is 0 Å². The normalized spacial score (nSPS) is 14.4. The van der Waals surface area contributed by atoms with E-state index >= 15 is 0 Å². The van der Waals surface area contributed by atoms with Gasteiger partial charge in [0.25, 0.3) is 0 Å². The zero-order valence-electron chi connectivity index (χ0n) is 17.0. The molecule has 0 saturated carbocycles. The number of amides is 1. The van der Waals surface area contributed by atoms with Crippen molar-refractivity contribution in [2.45, 2.75) is 13.5 Å². The molecule has 0 atom stereocenters. The molecule has 0 bridgehead atoms. The largest absolute Gasteiger partial charge is 0.478 e. The van der Waals surface area contributed by atoms with Crippen LogP contribution in [0.2, 0.25) is 0 Å². The number of nitrogens with zero attached hydrogens (tertiary/aromatic N) is 3. The topological polar surface area (TPSA) is 94.5 Å². The maximum atomic E-state index is 12.0. The van der Waals surface area contributed by atoms with E-state index in [1.54, 1.807) is 36.1 Å². The van der Waals surface area contributed by atoms with E-state index in [4.69, 9.17) is 9.73 Å². The van der Waals surface area contributed by atoms with E-state index in [-0.39, 0.29) is 11.7 Å². The number of aromatic carboxylic acids is 1. The third-order valence-electron chi connectivity index (χ3n) is 4.73. The Balaban J connectivity index is 1.75. The van der Waals surface area contributed by atoms with Crippen LogP contribution in [-0.4, -0.2) is 65.7 Å². The molecule has 0 aliphatic carbocycles. The molecule has 2 aromatic carbocycles. The van der Waals surface area contributed by atoms with Crippen LogP contribution in [0, 0.1) is 0 Å². The summed E-state index contributed by atoms with van der Waals surface area (Å²) in [6, 6.07) is 16.5. The molecule has 2 aromatic rings. The second kappa shape index (κ2) is 10.3. The van der Waals surface area contributed by atoms with Crippen molar-refractivity contribution in [3.05, 3.63) is 65.7 Å². The van der Waals surface area contributed by atoms with Gasteiger partial charge in [-0.05, 0) is 30.7 Å². The molecule has 0 spiro atoms. The Morgan fingerprint density at radius 3 is 2.40 bits per heavy atom. The minimum atomic E-state index is -0.982. The first-order chi connectivity index (χ1) is 14.6. The maximum absolute atomic E-state index is 12.0. The molecule has 1 heterocycles. The van der Waals surface area contributed by atoms with Gasteiger partial charge in [0, 0.05) is 31.9 Å². The van der Waals surface area contributed by atoms with E-state index in [1.807, 2.05) is 30.3 Å². The number of anilines is 1. The lowest BCUT2D eigenvalue weighted by atomic mass is 10.2. The predicted octanol–water partition coefficient (Wildman–Crippen LogP) is 3.13. The fourth-order valence-electron chi connectivity index (χ4n) is 3.14. The van der Waals surface area contributed by atoms with Gasteiger partial charge in [-0.2, -0.15) is 0 Å². The minimum absolute atomic E-state index is 0.203. The highest BCUT2D eigenvalue weighted by molar-refractivity contribution is 5.96. The third kappa shape index (κ3) is 5.73. The highest BCUT2D eigenvalue weighted by Crippen LogP contribution is 2.14. The van der Waals surface area contributed by atoms with Gasteiger partial charge in [0.15, 0.2) is 5.96 Å². The molecule has 158 valence electrons. The van der Waals surface area contributed by atoms with E-state index in [2.05, 4.69) is 10.2 Å². The van der Waals surface area contributed by atoms with Crippen molar-refractivity contribution in [2.24, 2.45) is 4.99 Å². The van der Waals surface area contributed by atoms with Crippen LogP contribution in [-0.2, 0) is 11.3 Å². The Morgan fingerprint density at radius 2 is 1.73 bits per heavy atom. The SMILES string of the molecule is CCOC(=O)N1CCN(C(=NCc2ccccc2)Nc2cccc(C(=O)O)c2)CC1. The Kier molecular flexibility index (Phi) is 7.26. The fourth-order valence-corrected chi connectivity index (χ4v) is 3.14. The Bertz CT molecular complexity index is 893. The number of carbonyl (C=O) groups excluding carboxylic acids is 1. The van der Waals surface area contributed by atoms with Crippen LogP contribution in [0.4, 0.5) is 10.5 Å². The molecule has 0 radical (unpaired) electrons. The summed E-state index contributed by atoms with van der Waals surface area (Å²) >= 11 is 0. The maximum Gasteiger partial charge on any atom is 0.409 e. The standard InChI is InChI=1S/C22H26N4O4/c1-2-30-22(29)26-13-11-25(12-14-26)21(23-16-17-7-4-3-5-8-17)24-19-10-6-9-18(15-19)20(27)28/h3-10,15H,2,11-14,16H2,1H3,(H,23,24)(H,27,28). The molecule has 0 aromatic heterocycles. The van der Waals surface area contributed by atoms with Gasteiger partial charge in [-0.15, -0.1) is 0 Å². The van der Waals surface area contributed by atoms with Crippen LogP contribution in [0.25, 0.3) is 0 Å². The van der Waals surface area contributed by atoms with Gasteiger partial charge >= 0.3 is 12.1 Å². The molecule has 0 unspecified atom stereocenters. The zero-order valence-corrected chi connectivity index (χ0v) is 17.0. The lowest BCUT2D eigenvalue weighted by Crippen LogP contribution is -2.52. The monoisotopic (exact) mass is 410 g/mol. The molecule has 1 aliphatic rings. The van der Waals surface area contributed by atoms with E-state index < -0.39 is 5.97 Å². The lowest BCUT2D eigenvalue weighted by Gasteiger charge is -2.36. The number of carbonyl (C=O) groups is 2. The number of carboxylic acid groups (broad SMARTS) is 1. The molecule has 1 aliphatic heterocycles. The number of ether oxygens (including phenoxy) is 1. The van der Waals surface area contributed by atoms with Crippen molar-refractivity contribution in [1.82, 2.24) is 9.80 Å². The molecule has 30 heavy (non-hydrogen) atoms. The van der Waals surface area contributed by atoms with E-state index in [0.29, 0.717) is 51.0 Å². The Labute approximate surface area is 175 Å². The van der Waals surface area contributed by atoms with E-state index in [0.717, 1.165) is 5.56 Å². The van der Waals surface area contributed by atoms with Crippen LogP contribution in [0.15, 0.2) is 59.6 Å². The van der Waals surface area contributed by atoms with E-state index in [1.165, 1.54) is 0 Å². The van der Waals surface area contributed by atoms with Gasteiger partial charge in [0.05, 0.1) is 18.7 Å². The Hall–Kier alpha value is -3.55. The number of hydrogen-bond donors (Lipinski definition) is 2. The van der Waals surface area contributed by atoms with Crippen LogP contribution < -0.4 is 5.32 Å². The number of carboxylic acids is 1. The molecule has 2 N–H and O–H groups in total. The summed E-state index contributed by atoms with van der Waals surface area (Å²) in [5.74, 6) is -0.339. The van der Waals surface area contributed by atoms with Gasteiger partial charge in [0.1, 0.15) is 0 Å². The second-order valence-corrected chi connectivity index (χ2v) is 6.81. The fraction of sp³-hybridized carbons (Fsp3) is 0.318. The second-order valence-electron chi connectivity index (χ2n) is 6.81. The molecule has 3 rings (SSSR count). The Morgan fingerprint density at radius 1 is 1.03 bits per heavy atom. The molecule has 8 heteroatoms. The number of hydrogen-bond acceptors (Lipinski definition) is 4. The van der Waals surface area contributed by atoms with Crippen molar-refractivity contribution in [3.63, 3.8) is 0 Å². The highest BCUT2D eigenvalue weighted by Gasteiger charge is 2.24. The average molecular weight is 410 g/mol. The van der Waals surface area contributed by atoms with Gasteiger partial charge in [-0.25, -0.2) is 14.6 Å². The number of rotatable bonds is 5. The van der Waals surface area contributed by atoms with Gasteiger partial charge in [0.2, 0.25) is 0 Å². The molecule has 1 fully saturated rings. The number of nitrogens with one attached hydrogen (secondary N) is 1. The molecule has 1 saturated heterocycles. The van der Waals surface area contributed by atoms with Gasteiger partial charge < -0.3 is 25.0 Å². The predicted molar refractivity (Wildman–Crippen MR) is 115 cm³/mol. The number of guanidine groups is 1. The first kappa shape index (κ1) is 21.2. The van der Waals surface area contributed by atoms with Crippen molar-refractivity contribution >= 4 is 23.7 Å².